The largest absolute Gasteiger partial charge is 0.419 e. The highest BCUT2D eigenvalue weighted by atomic mass is 19.1. The Morgan fingerprint density at radius 3 is 2.70 bits per heavy atom. The van der Waals surface area contributed by atoms with Gasteiger partial charge < -0.3 is 9.32 Å². The van der Waals surface area contributed by atoms with Gasteiger partial charge in [-0.1, -0.05) is 30.3 Å². The number of amides is 1. The number of carbonyl (C=O) groups excluding carboxylic acids is 1. The Bertz CT molecular complexity index is 1210. The van der Waals surface area contributed by atoms with Gasteiger partial charge >= 0.3 is 0 Å². The summed E-state index contributed by atoms with van der Waals surface area (Å²) in [5.74, 6) is 0.491. The summed E-state index contributed by atoms with van der Waals surface area (Å²) >= 11 is 0. The average molecular weight is 402 g/mol. The van der Waals surface area contributed by atoms with Crippen LogP contribution in [0.4, 0.5) is 4.39 Å². The first-order chi connectivity index (χ1) is 14.7. The number of fused-ring (bicyclic) bond motifs is 1. The van der Waals surface area contributed by atoms with Gasteiger partial charge in [0, 0.05) is 36.2 Å². The van der Waals surface area contributed by atoms with Gasteiger partial charge in [-0.05, 0) is 42.5 Å². The number of rotatable bonds is 3. The summed E-state index contributed by atoms with van der Waals surface area (Å²) in [7, 11) is 0. The highest BCUT2D eigenvalue weighted by molar-refractivity contribution is 5.94. The first kappa shape index (κ1) is 18.4. The van der Waals surface area contributed by atoms with E-state index >= 15 is 0 Å². The van der Waals surface area contributed by atoms with E-state index in [0.29, 0.717) is 49.0 Å². The maximum absolute atomic E-state index is 13.4. The number of piperidine rings is 1. The summed E-state index contributed by atoms with van der Waals surface area (Å²) in [5, 5.41) is 10.5. The van der Waals surface area contributed by atoms with Crippen LogP contribution in [0.2, 0.25) is 0 Å². The molecule has 30 heavy (non-hydrogen) atoms. The molecule has 6 nitrogen and oxygen atoms in total. The fourth-order valence-electron chi connectivity index (χ4n) is 3.92. The standard InChI is InChI=1S/C23H19FN4O2/c24-18-6-3-5-17(14-18)23(29)28-12-9-16(10-13-28)21-26-27-22(30-21)20-19-7-2-1-4-15(19)8-11-25-20/h1-8,11,14,16H,9-10,12-13H2. The minimum absolute atomic E-state index is 0.0813. The fourth-order valence-corrected chi connectivity index (χ4v) is 3.92. The maximum Gasteiger partial charge on any atom is 0.266 e. The van der Waals surface area contributed by atoms with Crippen molar-refractivity contribution in [2.24, 2.45) is 0 Å². The lowest BCUT2D eigenvalue weighted by Gasteiger charge is -2.30. The average Bonchev–Trinajstić information content (AvgIpc) is 3.28. The summed E-state index contributed by atoms with van der Waals surface area (Å²) in [5.41, 5.74) is 1.04. The summed E-state index contributed by atoms with van der Waals surface area (Å²) < 4.78 is 19.4. The van der Waals surface area contributed by atoms with Crippen LogP contribution in [0.25, 0.3) is 22.4 Å². The van der Waals surface area contributed by atoms with Crippen molar-refractivity contribution in [1.29, 1.82) is 0 Å². The van der Waals surface area contributed by atoms with Crippen LogP contribution in [-0.2, 0) is 0 Å². The molecule has 1 amide bonds. The Kier molecular flexibility index (Phi) is 4.71. The number of aromatic nitrogens is 3. The molecule has 150 valence electrons. The quantitative estimate of drug-likeness (QED) is 0.506. The van der Waals surface area contributed by atoms with Crippen LogP contribution in [0.5, 0.6) is 0 Å². The third-order valence-corrected chi connectivity index (χ3v) is 5.52. The van der Waals surface area contributed by atoms with Crippen molar-refractivity contribution >= 4 is 16.7 Å². The predicted molar refractivity (Wildman–Crippen MR) is 109 cm³/mol. The molecule has 2 aromatic carbocycles. The van der Waals surface area contributed by atoms with Gasteiger partial charge in [-0.15, -0.1) is 10.2 Å². The topological polar surface area (TPSA) is 72.1 Å². The van der Waals surface area contributed by atoms with Crippen molar-refractivity contribution < 1.29 is 13.6 Å². The molecule has 4 aromatic rings. The van der Waals surface area contributed by atoms with E-state index in [-0.39, 0.29) is 11.8 Å². The van der Waals surface area contributed by atoms with E-state index in [1.54, 1.807) is 23.2 Å². The van der Waals surface area contributed by atoms with Crippen molar-refractivity contribution in [2.75, 3.05) is 13.1 Å². The molecule has 1 aliphatic heterocycles. The molecule has 0 bridgehead atoms. The zero-order chi connectivity index (χ0) is 20.5. The molecule has 3 heterocycles. The van der Waals surface area contributed by atoms with Crippen LogP contribution < -0.4 is 0 Å². The molecule has 0 spiro atoms. The van der Waals surface area contributed by atoms with Crippen LogP contribution in [0.1, 0.15) is 35.0 Å². The summed E-state index contributed by atoms with van der Waals surface area (Å²) in [6.45, 7) is 1.12. The number of nitrogens with zero attached hydrogens (tertiary/aromatic N) is 4. The van der Waals surface area contributed by atoms with E-state index in [1.807, 2.05) is 30.3 Å². The number of halogens is 1. The molecule has 5 rings (SSSR count). The fraction of sp³-hybridized carbons (Fsp3) is 0.217. The monoisotopic (exact) mass is 402 g/mol. The molecule has 1 aliphatic rings. The third-order valence-electron chi connectivity index (χ3n) is 5.52. The van der Waals surface area contributed by atoms with Crippen LogP contribution in [-0.4, -0.2) is 39.1 Å². The smallest absolute Gasteiger partial charge is 0.266 e. The van der Waals surface area contributed by atoms with Crippen LogP contribution in [0, 0.1) is 5.82 Å². The number of benzene rings is 2. The van der Waals surface area contributed by atoms with Crippen LogP contribution >= 0.6 is 0 Å². The van der Waals surface area contributed by atoms with Crippen molar-refractivity contribution in [3.8, 4) is 11.6 Å². The first-order valence-electron chi connectivity index (χ1n) is 9.91. The van der Waals surface area contributed by atoms with E-state index in [9.17, 15) is 9.18 Å². The van der Waals surface area contributed by atoms with E-state index < -0.39 is 5.82 Å². The van der Waals surface area contributed by atoms with Gasteiger partial charge in [0.1, 0.15) is 11.5 Å². The molecule has 7 heteroatoms. The lowest BCUT2D eigenvalue weighted by atomic mass is 9.96. The summed E-state index contributed by atoms with van der Waals surface area (Å²) in [4.78, 5) is 18.8. The van der Waals surface area contributed by atoms with Gasteiger partial charge in [0.05, 0.1) is 0 Å². The molecule has 2 aromatic heterocycles. The molecule has 0 unspecified atom stereocenters. The second-order valence-corrected chi connectivity index (χ2v) is 7.40. The summed E-state index contributed by atoms with van der Waals surface area (Å²) in [6.07, 6.45) is 3.16. The van der Waals surface area contributed by atoms with Crippen molar-refractivity contribution in [2.45, 2.75) is 18.8 Å². The summed E-state index contributed by atoms with van der Waals surface area (Å²) in [6, 6.07) is 15.7. The molecular weight excluding hydrogens is 383 g/mol. The number of hydrogen-bond donors (Lipinski definition) is 0. The van der Waals surface area contributed by atoms with E-state index in [0.717, 1.165) is 10.8 Å². The molecular formula is C23H19FN4O2. The van der Waals surface area contributed by atoms with Gasteiger partial charge in [0.2, 0.25) is 5.89 Å². The Balaban J connectivity index is 1.31. The highest BCUT2D eigenvalue weighted by Gasteiger charge is 2.28. The van der Waals surface area contributed by atoms with Crippen molar-refractivity contribution in [3.63, 3.8) is 0 Å². The number of hydrogen-bond acceptors (Lipinski definition) is 5. The minimum Gasteiger partial charge on any atom is -0.419 e. The molecule has 0 radical (unpaired) electrons. The highest BCUT2D eigenvalue weighted by Crippen LogP contribution is 2.31. The van der Waals surface area contributed by atoms with Crippen LogP contribution in [0.3, 0.4) is 0 Å². The first-order valence-corrected chi connectivity index (χ1v) is 9.91. The lowest BCUT2D eigenvalue weighted by Crippen LogP contribution is -2.38. The lowest BCUT2D eigenvalue weighted by molar-refractivity contribution is 0.0706. The molecule has 1 fully saturated rings. The van der Waals surface area contributed by atoms with Gasteiger partial charge in [0.15, 0.2) is 0 Å². The Morgan fingerprint density at radius 2 is 1.87 bits per heavy atom. The third kappa shape index (κ3) is 3.43. The SMILES string of the molecule is O=C(c1cccc(F)c1)N1CCC(c2nnc(-c3nccc4ccccc34)o2)CC1. The second-order valence-electron chi connectivity index (χ2n) is 7.40. The van der Waals surface area contributed by atoms with E-state index in [1.165, 1.54) is 12.1 Å². The molecule has 0 aliphatic carbocycles. The van der Waals surface area contributed by atoms with Crippen LogP contribution in [0.15, 0.2) is 65.2 Å². The van der Waals surface area contributed by atoms with Crippen molar-refractivity contribution in [1.82, 2.24) is 20.1 Å². The second kappa shape index (κ2) is 7.67. The zero-order valence-electron chi connectivity index (χ0n) is 16.2. The van der Waals surface area contributed by atoms with E-state index in [4.69, 9.17) is 4.42 Å². The van der Waals surface area contributed by atoms with Gasteiger partial charge in [-0.3, -0.25) is 9.78 Å². The van der Waals surface area contributed by atoms with Gasteiger partial charge in [-0.25, -0.2) is 4.39 Å². The molecule has 0 saturated carbocycles. The number of likely N-dealkylation sites (tertiary alicyclic amines) is 1. The van der Waals surface area contributed by atoms with Gasteiger partial charge in [0.25, 0.3) is 11.8 Å². The predicted octanol–water partition coefficient (Wildman–Crippen LogP) is 4.44. The Labute approximate surface area is 172 Å². The van der Waals surface area contributed by atoms with Gasteiger partial charge in [-0.2, -0.15) is 0 Å². The maximum atomic E-state index is 13.4. The number of pyridine rings is 1. The normalized spacial score (nSPS) is 14.9. The minimum atomic E-state index is -0.406. The molecule has 0 N–H and O–H groups in total. The number of carbonyl (C=O) groups is 1. The Hall–Kier alpha value is -3.61. The Morgan fingerprint density at radius 1 is 1.03 bits per heavy atom. The molecule has 1 saturated heterocycles. The van der Waals surface area contributed by atoms with E-state index in [2.05, 4.69) is 15.2 Å². The molecule has 0 atom stereocenters. The van der Waals surface area contributed by atoms with Crippen molar-refractivity contribution in [3.05, 3.63) is 78.1 Å². The zero-order valence-corrected chi connectivity index (χ0v) is 16.2.